The maximum atomic E-state index is 11.7. The number of halogens is 1. The van der Waals surface area contributed by atoms with Gasteiger partial charge in [0.1, 0.15) is 5.60 Å². The van der Waals surface area contributed by atoms with Crippen LogP contribution in [0.2, 0.25) is 5.02 Å². The lowest BCUT2D eigenvalue weighted by Crippen LogP contribution is -2.24. The van der Waals surface area contributed by atoms with E-state index in [2.05, 4.69) is 0 Å². The molecule has 0 saturated heterocycles. The topological polar surface area (TPSA) is 52.3 Å². The van der Waals surface area contributed by atoms with Crippen molar-refractivity contribution in [2.24, 2.45) is 5.73 Å². The summed E-state index contributed by atoms with van der Waals surface area (Å²) in [5.74, 6) is -0.416. The molecule has 3 nitrogen and oxygen atoms in total. The highest BCUT2D eigenvalue weighted by Crippen LogP contribution is 2.21. The smallest absolute Gasteiger partial charge is 0.340 e. The number of carbonyl (C=O) groups excluding carboxylic acids is 1. The first kappa shape index (κ1) is 13.0. The summed E-state index contributed by atoms with van der Waals surface area (Å²) < 4.78 is 5.22. The molecule has 0 fully saturated rings. The van der Waals surface area contributed by atoms with E-state index in [-0.39, 0.29) is 0 Å². The van der Waals surface area contributed by atoms with Crippen LogP contribution in [-0.4, -0.2) is 11.6 Å². The highest BCUT2D eigenvalue weighted by Gasteiger charge is 2.19. The fourth-order valence-corrected chi connectivity index (χ4v) is 1.46. The molecule has 0 amide bonds. The van der Waals surface area contributed by atoms with Gasteiger partial charge in [-0.3, -0.25) is 0 Å². The van der Waals surface area contributed by atoms with Crippen molar-refractivity contribution in [1.82, 2.24) is 0 Å². The Morgan fingerprint density at radius 2 is 2.06 bits per heavy atom. The Morgan fingerprint density at radius 3 is 2.50 bits per heavy atom. The summed E-state index contributed by atoms with van der Waals surface area (Å²) in [7, 11) is 0. The summed E-state index contributed by atoms with van der Waals surface area (Å²) in [4.78, 5) is 11.7. The molecular formula is C12H16ClNO2. The maximum absolute atomic E-state index is 11.7. The third kappa shape index (κ3) is 3.51. The monoisotopic (exact) mass is 241 g/mol. The van der Waals surface area contributed by atoms with Crippen LogP contribution in [0.25, 0.3) is 0 Å². The second-order valence-corrected chi connectivity index (χ2v) is 4.93. The zero-order chi connectivity index (χ0) is 12.3. The van der Waals surface area contributed by atoms with Gasteiger partial charge in [0.2, 0.25) is 0 Å². The number of rotatable bonds is 2. The van der Waals surface area contributed by atoms with E-state index >= 15 is 0 Å². The van der Waals surface area contributed by atoms with Crippen molar-refractivity contribution in [1.29, 1.82) is 0 Å². The van der Waals surface area contributed by atoms with Crippen molar-refractivity contribution in [2.45, 2.75) is 32.9 Å². The summed E-state index contributed by atoms with van der Waals surface area (Å²) in [6, 6.07) is 5.09. The maximum Gasteiger partial charge on any atom is 0.340 e. The number of hydrogen-bond acceptors (Lipinski definition) is 3. The van der Waals surface area contributed by atoms with Crippen molar-refractivity contribution >= 4 is 17.6 Å². The van der Waals surface area contributed by atoms with Gasteiger partial charge in [-0.05, 0) is 38.5 Å². The number of nitrogens with two attached hydrogens (primary N) is 1. The Hall–Kier alpha value is -1.06. The van der Waals surface area contributed by atoms with Crippen LogP contribution in [0, 0.1) is 0 Å². The molecule has 0 aliphatic rings. The van der Waals surface area contributed by atoms with Gasteiger partial charge in [0, 0.05) is 6.54 Å². The molecule has 0 aliphatic heterocycles. The predicted molar refractivity (Wildman–Crippen MR) is 64.5 cm³/mol. The first-order chi connectivity index (χ1) is 7.33. The van der Waals surface area contributed by atoms with Crippen LogP contribution >= 0.6 is 11.6 Å². The second kappa shape index (κ2) is 4.85. The van der Waals surface area contributed by atoms with Crippen molar-refractivity contribution in [2.75, 3.05) is 0 Å². The average molecular weight is 242 g/mol. The average Bonchev–Trinajstić information content (AvgIpc) is 2.14. The number of hydrogen-bond donors (Lipinski definition) is 1. The summed E-state index contributed by atoms with van der Waals surface area (Å²) in [6.07, 6.45) is 0. The normalized spacial score (nSPS) is 11.3. The molecule has 1 rings (SSSR count). The van der Waals surface area contributed by atoms with Crippen molar-refractivity contribution in [3.05, 3.63) is 34.3 Å². The Morgan fingerprint density at radius 1 is 1.44 bits per heavy atom. The van der Waals surface area contributed by atoms with Gasteiger partial charge in [0.15, 0.2) is 0 Å². The number of carbonyl (C=O) groups is 1. The van der Waals surface area contributed by atoms with Gasteiger partial charge < -0.3 is 10.5 Å². The van der Waals surface area contributed by atoms with E-state index in [0.717, 1.165) is 5.56 Å². The van der Waals surface area contributed by atoms with Crippen molar-refractivity contribution in [3.63, 3.8) is 0 Å². The molecule has 0 unspecified atom stereocenters. The molecule has 0 radical (unpaired) electrons. The van der Waals surface area contributed by atoms with Gasteiger partial charge in [-0.25, -0.2) is 4.79 Å². The van der Waals surface area contributed by atoms with Crippen molar-refractivity contribution < 1.29 is 9.53 Å². The Kier molecular flexibility index (Phi) is 3.94. The van der Waals surface area contributed by atoms with E-state index in [9.17, 15) is 4.79 Å². The Labute approximate surface area is 101 Å². The van der Waals surface area contributed by atoms with E-state index in [4.69, 9.17) is 22.1 Å². The molecule has 0 spiro atoms. The minimum atomic E-state index is -0.521. The zero-order valence-electron chi connectivity index (χ0n) is 9.71. The first-order valence-corrected chi connectivity index (χ1v) is 5.43. The van der Waals surface area contributed by atoms with Crippen LogP contribution in [0.15, 0.2) is 18.2 Å². The van der Waals surface area contributed by atoms with E-state index in [1.54, 1.807) is 18.2 Å². The highest BCUT2D eigenvalue weighted by molar-refractivity contribution is 6.33. The Bertz CT molecular complexity index is 396. The van der Waals surface area contributed by atoms with Gasteiger partial charge in [0.05, 0.1) is 10.6 Å². The molecular weight excluding hydrogens is 226 g/mol. The Balaban J connectivity index is 2.93. The number of esters is 1. The fourth-order valence-electron chi connectivity index (χ4n) is 1.18. The van der Waals surface area contributed by atoms with E-state index in [0.29, 0.717) is 17.1 Å². The standard InChI is InChI=1S/C12H16ClNO2/c1-12(2,3)16-11(15)9-5-4-8(7-14)6-10(9)13/h4-6H,7,14H2,1-3H3. The molecule has 0 bridgehead atoms. The van der Waals surface area contributed by atoms with Crippen molar-refractivity contribution in [3.8, 4) is 0 Å². The lowest BCUT2D eigenvalue weighted by molar-refractivity contribution is 0.00698. The van der Waals surface area contributed by atoms with Gasteiger partial charge in [-0.15, -0.1) is 0 Å². The van der Waals surface area contributed by atoms with E-state index < -0.39 is 11.6 Å². The summed E-state index contributed by atoms with van der Waals surface area (Å²) in [5, 5.41) is 0.372. The quantitative estimate of drug-likeness (QED) is 0.810. The van der Waals surface area contributed by atoms with E-state index in [1.165, 1.54) is 0 Å². The largest absolute Gasteiger partial charge is 0.456 e. The number of benzene rings is 1. The molecule has 88 valence electrons. The summed E-state index contributed by atoms with van der Waals surface area (Å²) in [6.45, 7) is 5.83. The van der Waals surface area contributed by atoms with Gasteiger partial charge in [-0.1, -0.05) is 17.7 Å². The van der Waals surface area contributed by atoms with Crippen LogP contribution < -0.4 is 5.73 Å². The molecule has 0 atom stereocenters. The lowest BCUT2D eigenvalue weighted by Gasteiger charge is -2.19. The SMILES string of the molecule is CC(C)(C)OC(=O)c1ccc(CN)cc1Cl. The molecule has 4 heteroatoms. The minimum Gasteiger partial charge on any atom is -0.456 e. The molecule has 1 aromatic rings. The van der Waals surface area contributed by atoms with Crippen LogP contribution in [-0.2, 0) is 11.3 Å². The third-order valence-electron chi connectivity index (χ3n) is 1.89. The van der Waals surface area contributed by atoms with Crippen LogP contribution in [0.4, 0.5) is 0 Å². The minimum absolute atomic E-state index is 0.369. The fraction of sp³-hybridized carbons (Fsp3) is 0.417. The number of ether oxygens (including phenoxy) is 1. The van der Waals surface area contributed by atoms with Gasteiger partial charge in [-0.2, -0.15) is 0 Å². The van der Waals surface area contributed by atoms with Crippen LogP contribution in [0.5, 0.6) is 0 Å². The molecule has 16 heavy (non-hydrogen) atoms. The first-order valence-electron chi connectivity index (χ1n) is 5.05. The predicted octanol–water partition coefficient (Wildman–Crippen LogP) is 2.75. The van der Waals surface area contributed by atoms with E-state index in [1.807, 2.05) is 20.8 Å². The molecule has 0 aromatic heterocycles. The molecule has 0 saturated carbocycles. The second-order valence-electron chi connectivity index (χ2n) is 4.52. The summed E-state index contributed by atoms with van der Waals surface area (Å²) in [5.41, 5.74) is 6.21. The van der Waals surface area contributed by atoms with Crippen LogP contribution in [0.3, 0.4) is 0 Å². The molecule has 0 aliphatic carbocycles. The van der Waals surface area contributed by atoms with Gasteiger partial charge >= 0.3 is 5.97 Å². The van der Waals surface area contributed by atoms with Crippen LogP contribution in [0.1, 0.15) is 36.7 Å². The highest BCUT2D eigenvalue weighted by atomic mass is 35.5. The molecule has 0 heterocycles. The lowest BCUT2D eigenvalue weighted by atomic mass is 10.1. The molecule has 2 N–H and O–H groups in total. The van der Waals surface area contributed by atoms with Gasteiger partial charge in [0.25, 0.3) is 0 Å². The molecule has 1 aromatic carbocycles. The third-order valence-corrected chi connectivity index (χ3v) is 2.20. The zero-order valence-corrected chi connectivity index (χ0v) is 10.5. The summed E-state index contributed by atoms with van der Waals surface area (Å²) >= 11 is 5.98.